The van der Waals surface area contributed by atoms with E-state index in [9.17, 15) is 0 Å². The smallest absolute Gasteiger partial charge is 0.165 e. The summed E-state index contributed by atoms with van der Waals surface area (Å²) in [5, 5.41) is 2.81. The monoisotopic (exact) mass is 326 g/mol. The second-order valence-electron chi connectivity index (χ2n) is 3.68. The fourth-order valence-electron chi connectivity index (χ4n) is 1.64. The molecule has 1 aromatic carbocycles. The first-order chi connectivity index (χ1) is 8.85. The standard InChI is InChI=1S/C14H15BrO2S/c1-2-16-13-7-3-5-11(9-15)14(13)17-10-12-6-4-8-18-12/h3-8H,2,9-10H2,1H3. The first-order valence-electron chi connectivity index (χ1n) is 5.81. The Morgan fingerprint density at radius 1 is 1.17 bits per heavy atom. The summed E-state index contributed by atoms with van der Waals surface area (Å²) in [4.78, 5) is 1.21. The fourth-order valence-corrected chi connectivity index (χ4v) is 2.70. The minimum atomic E-state index is 0.585. The summed E-state index contributed by atoms with van der Waals surface area (Å²) in [7, 11) is 0. The highest BCUT2D eigenvalue weighted by atomic mass is 79.9. The van der Waals surface area contributed by atoms with E-state index in [0.717, 1.165) is 22.4 Å². The maximum atomic E-state index is 5.91. The molecule has 2 aromatic rings. The lowest BCUT2D eigenvalue weighted by Crippen LogP contribution is -2.01. The number of alkyl halides is 1. The van der Waals surface area contributed by atoms with Crippen molar-refractivity contribution in [2.45, 2.75) is 18.9 Å². The van der Waals surface area contributed by atoms with Gasteiger partial charge in [0.2, 0.25) is 0 Å². The van der Waals surface area contributed by atoms with E-state index in [1.165, 1.54) is 4.88 Å². The van der Waals surface area contributed by atoms with E-state index in [1.54, 1.807) is 11.3 Å². The summed E-state index contributed by atoms with van der Waals surface area (Å²) in [5.41, 5.74) is 1.11. The zero-order chi connectivity index (χ0) is 12.8. The van der Waals surface area contributed by atoms with Crippen LogP contribution in [0.3, 0.4) is 0 Å². The van der Waals surface area contributed by atoms with E-state index < -0.39 is 0 Å². The van der Waals surface area contributed by atoms with Crippen LogP contribution in [0.1, 0.15) is 17.4 Å². The summed E-state index contributed by atoms with van der Waals surface area (Å²) >= 11 is 5.18. The SMILES string of the molecule is CCOc1cccc(CBr)c1OCc1cccs1. The molecule has 0 saturated heterocycles. The lowest BCUT2D eigenvalue weighted by Gasteiger charge is -2.14. The van der Waals surface area contributed by atoms with Gasteiger partial charge in [0.05, 0.1) is 6.61 Å². The molecule has 4 heteroatoms. The van der Waals surface area contributed by atoms with Gasteiger partial charge in [0, 0.05) is 15.8 Å². The van der Waals surface area contributed by atoms with Crippen LogP contribution in [0.25, 0.3) is 0 Å². The van der Waals surface area contributed by atoms with E-state index in [2.05, 4.69) is 27.4 Å². The van der Waals surface area contributed by atoms with Crippen LogP contribution in [-0.2, 0) is 11.9 Å². The predicted molar refractivity (Wildman–Crippen MR) is 78.9 cm³/mol. The van der Waals surface area contributed by atoms with E-state index in [4.69, 9.17) is 9.47 Å². The molecule has 1 heterocycles. The van der Waals surface area contributed by atoms with Gasteiger partial charge in [-0.2, -0.15) is 0 Å². The molecule has 0 spiro atoms. The Bertz CT molecular complexity index is 483. The van der Waals surface area contributed by atoms with Gasteiger partial charge < -0.3 is 9.47 Å². The second-order valence-corrected chi connectivity index (χ2v) is 5.27. The average Bonchev–Trinajstić information content (AvgIpc) is 2.90. The van der Waals surface area contributed by atoms with E-state index in [0.29, 0.717) is 13.2 Å². The van der Waals surface area contributed by atoms with Gasteiger partial charge in [-0.3, -0.25) is 0 Å². The van der Waals surface area contributed by atoms with Crippen molar-refractivity contribution in [1.29, 1.82) is 0 Å². The van der Waals surface area contributed by atoms with Crippen molar-refractivity contribution in [3.05, 3.63) is 46.2 Å². The van der Waals surface area contributed by atoms with Gasteiger partial charge in [-0.05, 0) is 24.4 Å². The van der Waals surface area contributed by atoms with Gasteiger partial charge in [0.1, 0.15) is 6.61 Å². The largest absolute Gasteiger partial charge is 0.490 e. The molecule has 0 fully saturated rings. The molecule has 0 atom stereocenters. The second kappa shape index (κ2) is 6.81. The molecular formula is C14H15BrO2S. The molecular weight excluding hydrogens is 312 g/mol. The third kappa shape index (κ3) is 3.27. The van der Waals surface area contributed by atoms with Crippen molar-refractivity contribution in [3.8, 4) is 11.5 Å². The van der Waals surface area contributed by atoms with Crippen molar-refractivity contribution in [2.24, 2.45) is 0 Å². The first-order valence-corrected chi connectivity index (χ1v) is 7.81. The molecule has 18 heavy (non-hydrogen) atoms. The highest BCUT2D eigenvalue weighted by molar-refractivity contribution is 9.08. The summed E-state index contributed by atoms with van der Waals surface area (Å²) in [6.07, 6.45) is 0. The van der Waals surface area contributed by atoms with Crippen molar-refractivity contribution >= 4 is 27.3 Å². The zero-order valence-electron chi connectivity index (χ0n) is 10.2. The van der Waals surface area contributed by atoms with Gasteiger partial charge >= 0.3 is 0 Å². The quantitative estimate of drug-likeness (QED) is 0.721. The molecule has 1 aromatic heterocycles. The molecule has 0 N–H and O–H groups in total. The summed E-state index contributed by atoms with van der Waals surface area (Å²) in [6, 6.07) is 10.1. The number of rotatable bonds is 6. The van der Waals surface area contributed by atoms with Gasteiger partial charge in [-0.1, -0.05) is 34.1 Å². The third-order valence-electron chi connectivity index (χ3n) is 2.44. The first kappa shape index (κ1) is 13.4. The van der Waals surface area contributed by atoms with Crippen LogP contribution in [0.4, 0.5) is 0 Å². The van der Waals surface area contributed by atoms with E-state index >= 15 is 0 Å². The summed E-state index contributed by atoms with van der Waals surface area (Å²) < 4.78 is 11.5. The molecule has 0 aliphatic carbocycles. The Labute approximate surface area is 120 Å². The molecule has 96 valence electrons. The number of benzene rings is 1. The van der Waals surface area contributed by atoms with E-state index in [1.807, 2.05) is 31.2 Å². The van der Waals surface area contributed by atoms with Crippen molar-refractivity contribution < 1.29 is 9.47 Å². The van der Waals surface area contributed by atoms with Gasteiger partial charge in [0.15, 0.2) is 11.5 Å². The Balaban J connectivity index is 2.18. The molecule has 0 saturated carbocycles. The maximum Gasteiger partial charge on any atom is 0.165 e. The third-order valence-corrected chi connectivity index (χ3v) is 3.90. The van der Waals surface area contributed by atoms with Crippen molar-refractivity contribution in [2.75, 3.05) is 6.61 Å². The zero-order valence-corrected chi connectivity index (χ0v) is 12.6. The number of thiophene rings is 1. The minimum Gasteiger partial charge on any atom is -0.490 e. The molecule has 0 aliphatic rings. The fraction of sp³-hybridized carbons (Fsp3) is 0.286. The summed E-state index contributed by atoms with van der Waals surface area (Å²) in [5.74, 6) is 1.65. The lowest BCUT2D eigenvalue weighted by molar-refractivity contribution is 0.269. The van der Waals surface area contributed by atoms with Crippen LogP contribution in [0, 0.1) is 0 Å². The van der Waals surface area contributed by atoms with Crippen LogP contribution < -0.4 is 9.47 Å². The Kier molecular flexibility index (Phi) is 5.08. The van der Waals surface area contributed by atoms with Crippen molar-refractivity contribution in [1.82, 2.24) is 0 Å². The van der Waals surface area contributed by atoms with Crippen LogP contribution >= 0.6 is 27.3 Å². The topological polar surface area (TPSA) is 18.5 Å². The van der Waals surface area contributed by atoms with Gasteiger partial charge in [-0.15, -0.1) is 11.3 Å². The van der Waals surface area contributed by atoms with Crippen LogP contribution in [0.15, 0.2) is 35.7 Å². The number of ether oxygens (including phenoxy) is 2. The number of hydrogen-bond donors (Lipinski definition) is 0. The number of halogens is 1. The Hall–Kier alpha value is -1.00. The minimum absolute atomic E-state index is 0.585. The van der Waals surface area contributed by atoms with Crippen LogP contribution in [0.5, 0.6) is 11.5 Å². The average molecular weight is 327 g/mol. The van der Waals surface area contributed by atoms with Gasteiger partial charge in [-0.25, -0.2) is 0 Å². The molecule has 0 amide bonds. The molecule has 0 unspecified atom stereocenters. The summed E-state index contributed by atoms with van der Waals surface area (Å²) in [6.45, 7) is 3.20. The maximum absolute atomic E-state index is 5.91. The van der Waals surface area contributed by atoms with E-state index in [-0.39, 0.29) is 0 Å². The highest BCUT2D eigenvalue weighted by Crippen LogP contribution is 2.33. The number of para-hydroxylation sites is 1. The lowest BCUT2D eigenvalue weighted by atomic mass is 10.2. The molecule has 2 nitrogen and oxygen atoms in total. The predicted octanol–water partition coefficient (Wildman–Crippen LogP) is 4.62. The molecule has 2 rings (SSSR count). The van der Waals surface area contributed by atoms with Crippen LogP contribution in [-0.4, -0.2) is 6.61 Å². The van der Waals surface area contributed by atoms with Gasteiger partial charge in [0.25, 0.3) is 0 Å². The highest BCUT2D eigenvalue weighted by Gasteiger charge is 2.10. The Morgan fingerprint density at radius 3 is 2.72 bits per heavy atom. The Morgan fingerprint density at radius 2 is 2.06 bits per heavy atom. The van der Waals surface area contributed by atoms with Crippen LogP contribution in [0.2, 0.25) is 0 Å². The number of hydrogen-bond acceptors (Lipinski definition) is 3. The molecule has 0 bridgehead atoms. The van der Waals surface area contributed by atoms with Crippen molar-refractivity contribution in [3.63, 3.8) is 0 Å². The normalized spacial score (nSPS) is 10.3. The molecule has 0 aliphatic heterocycles. The molecule has 0 radical (unpaired) electrons.